The Hall–Kier alpha value is -2.72. The van der Waals surface area contributed by atoms with Crippen LogP contribution in [0.15, 0.2) is 12.4 Å². The maximum Gasteiger partial charge on any atom is 0.354 e. The molecule has 1 amide bonds. The van der Waals surface area contributed by atoms with Crippen LogP contribution in [0.5, 0.6) is 0 Å². The molecule has 33 heavy (non-hydrogen) atoms. The maximum absolute atomic E-state index is 12.7. The summed E-state index contributed by atoms with van der Waals surface area (Å²) in [6.45, 7) is 5.75. The lowest BCUT2D eigenvalue weighted by Crippen LogP contribution is -2.59. The minimum Gasteiger partial charge on any atom is -0.464 e. The van der Waals surface area contributed by atoms with E-state index in [1.54, 1.807) is 6.07 Å². The van der Waals surface area contributed by atoms with Crippen LogP contribution in [-0.4, -0.2) is 83.8 Å². The fraction of sp³-hybridized carbons (Fsp3) is 0.652. The van der Waals surface area contributed by atoms with Crippen molar-refractivity contribution in [2.45, 2.75) is 50.7 Å². The first-order valence-corrected chi connectivity index (χ1v) is 11.4. The van der Waals surface area contributed by atoms with Gasteiger partial charge in [-0.25, -0.2) is 14.8 Å². The minimum absolute atomic E-state index is 0.00194. The number of amides is 1. The molecule has 1 aliphatic carbocycles. The number of aromatic amines is 1. The molecule has 2 aromatic heterocycles. The lowest BCUT2D eigenvalue weighted by Gasteiger charge is -2.53. The van der Waals surface area contributed by atoms with Crippen molar-refractivity contribution in [3.63, 3.8) is 0 Å². The van der Waals surface area contributed by atoms with E-state index in [2.05, 4.69) is 25.6 Å². The highest BCUT2D eigenvalue weighted by molar-refractivity contribution is 5.97. The summed E-state index contributed by atoms with van der Waals surface area (Å²) in [4.78, 5) is 38.0. The Bertz CT molecular complexity index is 1020. The summed E-state index contributed by atoms with van der Waals surface area (Å²) in [7, 11) is 5.17. The number of aromatic nitrogens is 3. The van der Waals surface area contributed by atoms with Gasteiger partial charge in [0.25, 0.3) is 0 Å². The number of anilines is 1. The van der Waals surface area contributed by atoms with Crippen LogP contribution in [0, 0.1) is 5.41 Å². The number of esters is 1. The monoisotopic (exact) mass is 458 g/mol. The second-order valence-electron chi connectivity index (χ2n) is 10.1. The van der Waals surface area contributed by atoms with Crippen molar-refractivity contribution >= 4 is 28.7 Å². The molecule has 3 aliphatic rings. The SMILES string of the molecule is COC(=O)c1cc2c(NCC34CCC(CNC(=O)C(C)(C)N(C)C)(CC3)CO4)ncnc2[nH]1. The molecular weight excluding hydrogens is 424 g/mol. The van der Waals surface area contributed by atoms with E-state index in [4.69, 9.17) is 9.47 Å². The predicted octanol–water partition coefficient (Wildman–Crippen LogP) is 1.94. The van der Waals surface area contributed by atoms with Gasteiger partial charge < -0.3 is 25.1 Å². The van der Waals surface area contributed by atoms with Gasteiger partial charge in [-0.1, -0.05) is 0 Å². The van der Waals surface area contributed by atoms with E-state index in [0.29, 0.717) is 36.9 Å². The van der Waals surface area contributed by atoms with Crippen molar-refractivity contribution in [3.8, 4) is 0 Å². The van der Waals surface area contributed by atoms with Crippen molar-refractivity contribution in [1.82, 2.24) is 25.2 Å². The molecule has 2 aliphatic heterocycles. The Morgan fingerprint density at radius 3 is 2.55 bits per heavy atom. The molecular formula is C23H34N6O4. The van der Waals surface area contributed by atoms with E-state index < -0.39 is 11.5 Å². The van der Waals surface area contributed by atoms with Gasteiger partial charge in [-0.2, -0.15) is 0 Å². The van der Waals surface area contributed by atoms with E-state index in [1.807, 2.05) is 32.8 Å². The molecule has 2 saturated heterocycles. The zero-order valence-electron chi connectivity index (χ0n) is 20.1. The number of H-pyrrole nitrogens is 1. The van der Waals surface area contributed by atoms with E-state index in [-0.39, 0.29) is 16.9 Å². The molecule has 4 heterocycles. The van der Waals surface area contributed by atoms with Crippen molar-refractivity contribution in [3.05, 3.63) is 18.1 Å². The molecule has 2 bridgehead atoms. The molecule has 1 saturated carbocycles. The highest BCUT2D eigenvalue weighted by Crippen LogP contribution is 2.48. The van der Waals surface area contributed by atoms with Crippen molar-refractivity contribution in [1.29, 1.82) is 0 Å². The summed E-state index contributed by atoms with van der Waals surface area (Å²) >= 11 is 0. The quantitative estimate of drug-likeness (QED) is 0.513. The predicted molar refractivity (Wildman–Crippen MR) is 124 cm³/mol. The molecule has 0 unspecified atom stereocenters. The smallest absolute Gasteiger partial charge is 0.354 e. The maximum atomic E-state index is 12.7. The summed E-state index contributed by atoms with van der Waals surface area (Å²) in [6.07, 6.45) is 5.31. The van der Waals surface area contributed by atoms with Gasteiger partial charge in [0.05, 0.1) is 30.2 Å². The molecule has 0 spiro atoms. The van der Waals surface area contributed by atoms with Crippen LogP contribution in [0.25, 0.3) is 11.0 Å². The molecule has 180 valence electrons. The highest BCUT2D eigenvalue weighted by Gasteiger charge is 2.50. The van der Waals surface area contributed by atoms with Gasteiger partial charge >= 0.3 is 5.97 Å². The topological polar surface area (TPSA) is 121 Å². The zero-order chi connectivity index (χ0) is 23.9. The molecule has 3 N–H and O–H groups in total. The number of rotatable bonds is 8. The number of nitrogens with zero attached hydrogens (tertiary/aromatic N) is 3. The fourth-order valence-electron chi connectivity index (χ4n) is 4.52. The van der Waals surface area contributed by atoms with E-state index in [1.165, 1.54) is 13.4 Å². The van der Waals surface area contributed by atoms with Gasteiger partial charge in [-0.3, -0.25) is 9.69 Å². The summed E-state index contributed by atoms with van der Waals surface area (Å²) in [5.74, 6) is 0.249. The lowest BCUT2D eigenvalue weighted by molar-refractivity contribution is -0.175. The van der Waals surface area contributed by atoms with Gasteiger partial charge in [-0.15, -0.1) is 0 Å². The Balaban J connectivity index is 1.37. The van der Waals surface area contributed by atoms with E-state index in [0.717, 1.165) is 31.1 Å². The van der Waals surface area contributed by atoms with Crippen molar-refractivity contribution in [2.75, 3.05) is 46.2 Å². The van der Waals surface area contributed by atoms with Crippen LogP contribution >= 0.6 is 0 Å². The minimum atomic E-state index is -0.552. The number of hydrogen-bond donors (Lipinski definition) is 3. The van der Waals surface area contributed by atoms with E-state index >= 15 is 0 Å². The van der Waals surface area contributed by atoms with Crippen molar-refractivity contribution in [2.24, 2.45) is 5.41 Å². The second-order valence-corrected chi connectivity index (χ2v) is 10.1. The molecule has 3 fully saturated rings. The first-order valence-electron chi connectivity index (χ1n) is 11.4. The molecule has 0 aromatic carbocycles. The third kappa shape index (κ3) is 4.41. The normalized spacial score (nSPS) is 24.8. The fourth-order valence-corrected chi connectivity index (χ4v) is 4.52. The van der Waals surface area contributed by atoms with Crippen LogP contribution in [0.3, 0.4) is 0 Å². The third-order valence-corrected chi connectivity index (χ3v) is 7.61. The lowest BCUT2D eigenvalue weighted by atomic mass is 9.66. The van der Waals surface area contributed by atoms with Crippen molar-refractivity contribution < 1.29 is 19.1 Å². The summed E-state index contributed by atoms with van der Waals surface area (Å²) < 4.78 is 11.2. The van der Waals surface area contributed by atoms with Gasteiger partial charge in [-0.05, 0) is 59.7 Å². The number of nitrogens with one attached hydrogen (secondary N) is 3. The van der Waals surface area contributed by atoms with Crippen LogP contribution in [0.4, 0.5) is 5.82 Å². The van der Waals surface area contributed by atoms with Crippen LogP contribution in [0.2, 0.25) is 0 Å². The average molecular weight is 459 g/mol. The van der Waals surface area contributed by atoms with Gasteiger partial charge in [0.1, 0.15) is 23.5 Å². The second kappa shape index (κ2) is 8.57. The molecule has 0 radical (unpaired) electrons. The zero-order valence-corrected chi connectivity index (χ0v) is 20.1. The number of likely N-dealkylation sites (N-methyl/N-ethyl adjacent to an activating group) is 1. The Morgan fingerprint density at radius 2 is 1.94 bits per heavy atom. The largest absolute Gasteiger partial charge is 0.464 e. The highest BCUT2D eigenvalue weighted by atomic mass is 16.5. The van der Waals surface area contributed by atoms with Gasteiger partial charge in [0.15, 0.2) is 0 Å². The van der Waals surface area contributed by atoms with Gasteiger partial charge in [0, 0.05) is 18.5 Å². The van der Waals surface area contributed by atoms with Crippen LogP contribution < -0.4 is 10.6 Å². The first kappa shape index (κ1) is 23.4. The Labute approximate surface area is 193 Å². The number of hydrogen-bond acceptors (Lipinski definition) is 8. The summed E-state index contributed by atoms with van der Waals surface area (Å²) in [5, 5.41) is 7.32. The number of methoxy groups -OCH3 is 1. The molecule has 0 atom stereocenters. The number of fused-ring (bicyclic) bond motifs is 4. The third-order valence-electron chi connectivity index (χ3n) is 7.61. The number of carbonyl (C=O) groups excluding carboxylic acids is 2. The number of carbonyl (C=O) groups is 2. The summed E-state index contributed by atoms with van der Waals surface area (Å²) in [6, 6.07) is 1.70. The molecule has 5 rings (SSSR count). The standard InChI is InChI=1S/C23H34N6O4/c1-21(2,29(3)4)20(31)25-11-22-6-8-23(9-7-22,33-13-22)12-24-17-15-10-16(19(30)32-5)28-18(15)27-14-26-17/h10,14H,6-9,11-13H2,1-5H3,(H,25,31)(H2,24,26,27,28). The van der Waals surface area contributed by atoms with E-state index in [9.17, 15) is 9.59 Å². The first-order chi connectivity index (χ1) is 15.6. The molecule has 10 nitrogen and oxygen atoms in total. The average Bonchev–Trinajstić information content (AvgIpc) is 3.27. The summed E-state index contributed by atoms with van der Waals surface area (Å²) in [5.41, 5.74) is 0.105. The van der Waals surface area contributed by atoms with Gasteiger partial charge in [0.2, 0.25) is 5.91 Å². The number of ether oxygens (including phenoxy) is 2. The molecule has 2 aromatic rings. The Morgan fingerprint density at radius 1 is 1.21 bits per heavy atom. The van der Waals surface area contributed by atoms with Crippen LogP contribution in [0.1, 0.15) is 50.0 Å². The Kier molecular flexibility index (Phi) is 6.09. The van der Waals surface area contributed by atoms with Crippen LogP contribution in [-0.2, 0) is 14.3 Å². The molecule has 10 heteroatoms.